The van der Waals surface area contributed by atoms with Crippen LogP contribution in [0.1, 0.15) is 25.8 Å². The number of carbonyl (C=O) groups excluding carboxylic acids is 1. The van der Waals surface area contributed by atoms with Gasteiger partial charge in [0, 0.05) is 12.5 Å². The zero-order valence-corrected chi connectivity index (χ0v) is 14.8. The standard InChI is InChI=1S/C17H25NO6/c1-11(2)18(10-15(20)21)14(19)9-7-12-6-8-13(22-3)17(24-5)16(12)23-4/h6,8,11H,7,9-10H2,1-5H3,(H,20,21). The van der Waals surface area contributed by atoms with Gasteiger partial charge >= 0.3 is 5.97 Å². The van der Waals surface area contributed by atoms with Crippen LogP contribution >= 0.6 is 0 Å². The highest BCUT2D eigenvalue weighted by Crippen LogP contribution is 2.40. The Labute approximate surface area is 142 Å². The SMILES string of the molecule is COc1ccc(CCC(=O)N(CC(=O)O)C(C)C)c(OC)c1OC. The molecule has 0 fully saturated rings. The molecule has 0 aliphatic rings. The summed E-state index contributed by atoms with van der Waals surface area (Å²) in [5, 5.41) is 8.93. The van der Waals surface area contributed by atoms with Gasteiger partial charge in [-0.25, -0.2) is 0 Å². The lowest BCUT2D eigenvalue weighted by Gasteiger charge is -2.25. The van der Waals surface area contributed by atoms with Crippen molar-refractivity contribution in [2.45, 2.75) is 32.7 Å². The third-order valence-electron chi connectivity index (χ3n) is 3.64. The predicted octanol–water partition coefficient (Wildman–Crippen LogP) is 1.97. The third kappa shape index (κ3) is 4.78. The average molecular weight is 339 g/mol. The summed E-state index contributed by atoms with van der Waals surface area (Å²) in [4.78, 5) is 24.6. The van der Waals surface area contributed by atoms with Crippen LogP contribution in [0, 0.1) is 0 Å². The molecule has 0 aliphatic heterocycles. The summed E-state index contributed by atoms with van der Waals surface area (Å²) in [6.45, 7) is 3.27. The molecule has 0 aliphatic carbocycles. The molecule has 0 saturated heterocycles. The number of carboxylic acid groups (broad SMARTS) is 1. The third-order valence-corrected chi connectivity index (χ3v) is 3.64. The molecule has 1 aromatic carbocycles. The van der Waals surface area contributed by atoms with Gasteiger partial charge in [0.2, 0.25) is 11.7 Å². The zero-order chi connectivity index (χ0) is 18.3. The van der Waals surface area contributed by atoms with Crippen molar-refractivity contribution in [2.75, 3.05) is 27.9 Å². The van der Waals surface area contributed by atoms with Crippen molar-refractivity contribution in [3.63, 3.8) is 0 Å². The Morgan fingerprint density at radius 2 is 1.71 bits per heavy atom. The van der Waals surface area contributed by atoms with Crippen molar-refractivity contribution in [3.05, 3.63) is 17.7 Å². The summed E-state index contributed by atoms with van der Waals surface area (Å²) in [6.07, 6.45) is 0.586. The molecular weight excluding hydrogens is 314 g/mol. The molecule has 7 heteroatoms. The lowest BCUT2D eigenvalue weighted by Crippen LogP contribution is -2.40. The molecule has 1 N–H and O–H groups in total. The second-order valence-electron chi connectivity index (χ2n) is 5.50. The lowest BCUT2D eigenvalue weighted by molar-refractivity contribution is -0.145. The Morgan fingerprint density at radius 1 is 1.08 bits per heavy atom. The Kier molecular flexibility index (Phi) is 7.35. The molecule has 0 heterocycles. The highest BCUT2D eigenvalue weighted by atomic mass is 16.5. The molecule has 0 aromatic heterocycles. The van der Waals surface area contributed by atoms with Crippen LogP contribution in [0.3, 0.4) is 0 Å². The number of methoxy groups -OCH3 is 3. The molecular formula is C17H25NO6. The Hall–Kier alpha value is -2.44. The largest absolute Gasteiger partial charge is 0.493 e. The lowest BCUT2D eigenvalue weighted by atomic mass is 10.1. The Morgan fingerprint density at radius 3 is 2.17 bits per heavy atom. The number of carboxylic acids is 1. The van der Waals surface area contributed by atoms with Gasteiger partial charge in [-0.2, -0.15) is 0 Å². The van der Waals surface area contributed by atoms with Gasteiger partial charge < -0.3 is 24.2 Å². The molecule has 0 spiro atoms. The first-order valence-corrected chi connectivity index (χ1v) is 7.64. The molecule has 0 unspecified atom stereocenters. The van der Waals surface area contributed by atoms with Crippen molar-refractivity contribution in [3.8, 4) is 17.2 Å². The number of benzene rings is 1. The first-order chi connectivity index (χ1) is 11.3. The average Bonchev–Trinajstić information content (AvgIpc) is 2.55. The number of nitrogens with zero attached hydrogens (tertiary/aromatic N) is 1. The molecule has 0 saturated carbocycles. The number of carbonyl (C=O) groups is 2. The van der Waals surface area contributed by atoms with E-state index in [-0.39, 0.29) is 24.9 Å². The number of hydrogen-bond acceptors (Lipinski definition) is 5. The summed E-state index contributed by atoms with van der Waals surface area (Å²) < 4.78 is 15.9. The van der Waals surface area contributed by atoms with E-state index in [0.29, 0.717) is 23.7 Å². The van der Waals surface area contributed by atoms with Crippen LogP contribution in [0.15, 0.2) is 12.1 Å². The van der Waals surface area contributed by atoms with Crippen LogP contribution in [0.25, 0.3) is 0 Å². The van der Waals surface area contributed by atoms with E-state index in [9.17, 15) is 9.59 Å². The van der Waals surface area contributed by atoms with Gasteiger partial charge in [0.05, 0.1) is 21.3 Å². The highest BCUT2D eigenvalue weighted by molar-refractivity contribution is 5.81. The van der Waals surface area contributed by atoms with Gasteiger partial charge in [0.15, 0.2) is 11.5 Å². The Bertz CT molecular complexity index is 585. The number of amides is 1. The van der Waals surface area contributed by atoms with E-state index in [4.69, 9.17) is 19.3 Å². The first-order valence-electron chi connectivity index (χ1n) is 7.64. The second kappa shape index (κ2) is 9.00. The van der Waals surface area contributed by atoms with Crippen molar-refractivity contribution < 1.29 is 28.9 Å². The number of rotatable bonds is 9. The van der Waals surface area contributed by atoms with Crippen molar-refractivity contribution >= 4 is 11.9 Å². The van der Waals surface area contributed by atoms with E-state index in [1.165, 1.54) is 26.2 Å². The fraction of sp³-hybridized carbons (Fsp3) is 0.529. The molecule has 0 radical (unpaired) electrons. The van der Waals surface area contributed by atoms with Gasteiger partial charge in [-0.3, -0.25) is 9.59 Å². The summed E-state index contributed by atoms with van der Waals surface area (Å²) in [5.74, 6) is 0.277. The quantitative estimate of drug-likeness (QED) is 0.740. The van der Waals surface area contributed by atoms with Crippen LogP contribution < -0.4 is 14.2 Å². The van der Waals surface area contributed by atoms with Gasteiger partial charge in [0.25, 0.3) is 0 Å². The molecule has 24 heavy (non-hydrogen) atoms. The van der Waals surface area contributed by atoms with E-state index in [0.717, 1.165) is 5.56 Å². The second-order valence-corrected chi connectivity index (χ2v) is 5.50. The Balaban J connectivity index is 2.93. The maximum absolute atomic E-state index is 12.3. The minimum Gasteiger partial charge on any atom is -0.493 e. The summed E-state index contributed by atoms with van der Waals surface area (Å²) in [7, 11) is 4.57. The van der Waals surface area contributed by atoms with E-state index < -0.39 is 5.97 Å². The smallest absolute Gasteiger partial charge is 0.323 e. The minimum absolute atomic E-state index is 0.178. The number of hydrogen-bond donors (Lipinski definition) is 1. The van der Waals surface area contributed by atoms with Crippen LogP contribution in [-0.2, 0) is 16.0 Å². The highest BCUT2D eigenvalue weighted by Gasteiger charge is 2.21. The first kappa shape index (κ1) is 19.6. The molecule has 7 nitrogen and oxygen atoms in total. The summed E-state index contributed by atoms with van der Waals surface area (Å²) in [6, 6.07) is 3.38. The van der Waals surface area contributed by atoms with Crippen LogP contribution in [0.2, 0.25) is 0 Å². The number of aliphatic carboxylic acids is 1. The van der Waals surface area contributed by atoms with E-state index in [1.807, 2.05) is 6.07 Å². The van der Waals surface area contributed by atoms with Crippen LogP contribution in [0.5, 0.6) is 17.2 Å². The summed E-state index contributed by atoms with van der Waals surface area (Å²) >= 11 is 0. The molecule has 134 valence electrons. The van der Waals surface area contributed by atoms with Crippen molar-refractivity contribution in [1.82, 2.24) is 4.90 Å². The van der Waals surface area contributed by atoms with Crippen LogP contribution in [-0.4, -0.2) is 55.8 Å². The van der Waals surface area contributed by atoms with E-state index >= 15 is 0 Å². The van der Waals surface area contributed by atoms with Gasteiger partial charge in [-0.1, -0.05) is 6.07 Å². The maximum Gasteiger partial charge on any atom is 0.323 e. The van der Waals surface area contributed by atoms with Crippen molar-refractivity contribution in [1.29, 1.82) is 0 Å². The minimum atomic E-state index is -1.03. The van der Waals surface area contributed by atoms with Gasteiger partial charge in [-0.15, -0.1) is 0 Å². The fourth-order valence-corrected chi connectivity index (χ4v) is 2.45. The predicted molar refractivity (Wildman–Crippen MR) is 88.9 cm³/mol. The monoisotopic (exact) mass is 339 g/mol. The fourth-order valence-electron chi connectivity index (χ4n) is 2.45. The maximum atomic E-state index is 12.3. The summed E-state index contributed by atoms with van der Waals surface area (Å²) in [5.41, 5.74) is 0.794. The van der Waals surface area contributed by atoms with Gasteiger partial charge in [-0.05, 0) is 31.9 Å². The molecule has 1 aromatic rings. The van der Waals surface area contributed by atoms with Gasteiger partial charge in [0.1, 0.15) is 6.54 Å². The topological polar surface area (TPSA) is 85.3 Å². The van der Waals surface area contributed by atoms with E-state index in [1.54, 1.807) is 19.9 Å². The van der Waals surface area contributed by atoms with E-state index in [2.05, 4.69) is 0 Å². The molecule has 1 amide bonds. The molecule has 0 bridgehead atoms. The van der Waals surface area contributed by atoms with Crippen LogP contribution in [0.4, 0.5) is 0 Å². The molecule has 1 rings (SSSR count). The number of ether oxygens (including phenoxy) is 3. The number of aryl methyl sites for hydroxylation is 1. The normalized spacial score (nSPS) is 10.4. The van der Waals surface area contributed by atoms with Crippen molar-refractivity contribution in [2.24, 2.45) is 0 Å². The zero-order valence-electron chi connectivity index (χ0n) is 14.8. The molecule has 0 atom stereocenters.